The van der Waals surface area contributed by atoms with Gasteiger partial charge in [0.05, 0.1) is 6.04 Å². The molecule has 4 nitrogen and oxygen atoms in total. The Morgan fingerprint density at radius 2 is 1.71 bits per heavy atom. The van der Waals surface area contributed by atoms with E-state index in [1.807, 2.05) is 50.2 Å². The third-order valence-electron chi connectivity index (χ3n) is 4.76. The van der Waals surface area contributed by atoms with E-state index in [-0.39, 0.29) is 11.6 Å². The van der Waals surface area contributed by atoms with E-state index < -0.39 is 6.04 Å². The fraction of sp³-hybridized carbons (Fsp3) is 0.130. The molecule has 4 rings (SSSR count). The molecule has 28 heavy (non-hydrogen) atoms. The molecule has 0 fully saturated rings. The monoisotopic (exact) mass is 373 g/mol. The Bertz CT molecular complexity index is 1140. The van der Waals surface area contributed by atoms with Gasteiger partial charge in [-0.2, -0.15) is 0 Å². The van der Waals surface area contributed by atoms with E-state index in [1.165, 1.54) is 6.07 Å². The molecule has 0 aliphatic carbocycles. The quantitative estimate of drug-likeness (QED) is 0.510. The summed E-state index contributed by atoms with van der Waals surface area (Å²) in [6, 6.07) is 15.6. The maximum absolute atomic E-state index is 14.8. The molecule has 140 valence electrons. The van der Waals surface area contributed by atoms with Crippen LogP contribution in [0.1, 0.15) is 28.3 Å². The molecule has 0 bridgehead atoms. The van der Waals surface area contributed by atoms with Gasteiger partial charge in [-0.25, -0.2) is 9.37 Å². The van der Waals surface area contributed by atoms with Crippen LogP contribution >= 0.6 is 0 Å². The number of hydrogen-bond acceptors (Lipinski definition) is 4. The van der Waals surface area contributed by atoms with Gasteiger partial charge in [-0.3, -0.25) is 4.98 Å². The number of aromatic nitrogens is 2. The van der Waals surface area contributed by atoms with Crippen molar-refractivity contribution in [3.8, 4) is 5.75 Å². The summed E-state index contributed by atoms with van der Waals surface area (Å²) in [5, 5.41) is 15.0. The average molecular weight is 373 g/mol. The zero-order chi connectivity index (χ0) is 19.7. The average Bonchev–Trinajstić information content (AvgIpc) is 2.69. The number of phenols is 1. The van der Waals surface area contributed by atoms with Gasteiger partial charge in [0.15, 0.2) is 0 Å². The molecule has 0 amide bonds. The Labute approximate surface area is 162 Å². The molecule has 5 heteroatoms. The number of pyridine rings is 2. The molecule has 4 aromatic rings. The van der Waals surface area contributed by atoms with Crippen molar-refractivity contribution in [2.45, 2.75) is 19.9 Å². The normalized spacial score (nSPS) is 12.1. The van der Waals surface area contributed by atoms with Gasteiger partial charge in [-0.05, 0) is 43.2 Å². The smallest absolute Gasteiger partial charge is 0.147 e. The van der Waals surface area contributed by atoms with Crippen molar-refractivity contribution in [1.82, 2.24) is 9.97 Å². The van der Waals surface area contributed by atoms with Gasteiger partial charge >= 0.3 is 0 Å². The highest BCUT2D eigenvalue weighted by Gasteiger charge is 2.23. The van der Waals surface area contributed by atoms with Crippen LogP contribution in [-0.4, -0.2) is 15.1 Å². The van der Waals surface area contributed by atoms with Crippen molar-refractivity contribution in [3.63, 3.8) is 0 Å². The Hall–Kier alpha value is -3.47. The minimum atomic E-state index is -0.623. The third kappa shape index (κ3) is 3.39. The maximum Gasteiger partial charge on any atom is 0.147 e. The lowest BCUT2D eigenvalue weighted by Crippen LogP contribution is -2.15. The van der Waals surface area contributed by atoms with E-state index in [0.29, 0.717) is 22.5 Å². The SMILES string of the molecule is Cc1ccc(NC(c2ccc(C)cc2F)c2ccc3cccnc3c2O)nc1. The van der Waals surface area contributed by atoms with Crippen LogP contribution in [-0.2, 0) is 0 Å². The molecule has 0 radical (unpaired) electrons. The summed E-state index contributed by atoms with van der Waals surface area (Å²) in [6.07, 6.45) is 3.37. The largest absolute Gasteiger partial charge is 0.505 e. The van der Waals surface area contributed by atoms with Crippen molar-refractivity contribution in [2.75, 3.05) is 5.32 Å². The van der Waals surface area contributed by atoms with Gasteiger partial charge in [0.1, 0.15) is 22.9 Å². The van der Waals surface area contributed by atoms with Gasteiger partial charge in [-0.15, -0.1) is 0 Å². The van der Waals surface area contributed by atoms with Crippen LogP contribution in [0.2, 0.25) is 0 Å². The maximum atomic E-state index is 14.8. The first kappa shape index (κ1) is 17.9. The lowest BCUT2D eigenvalue weighted by Gasteiger charge is -2.22. The molecular weight excluding hydrogens is 353 g/mol. The number of hydrogen-bond donors (Lipinski definition) is 2. The summed E-state index contributed by atoms with van der Waals surface area (Å²) in [6.45, 7) is 3.79. The standard InChI is InChI=1S/C23H20FN3O/c1-14-5-8-17(19(24)12-14)22(27-20-10-6-15(2)13-26-20)18-9-7-16-4-3-11-25-21(16)23(18)28/h3-13,22,28H,1-2H3,(H,26,27). The number of phenolic OH excluding ortho intramolecular Hbond substituents is 1. The number of benzene rings is 2. The fourth-order valence-electron chi connectivity index (χ4n) is 3.27. The summed E-state index contributed by atoms with van der Waals surface area (Å²) >= 11 is 0. The molecule has 0 saturated heterocycles. The number of aromatic hydroxyl groups is 1. The Morgan fingerprint density at radius 1 is 0.929 bits per heavy atom. The Morgan fingerprint density at radius 3 is 2.46 bits per heavy atom. The molecule has 0 aliphatic rings. The second-order valence-electron chi connectivity index (χ2n) is 6.90. The van der Waals surface area contributed by atoms with Gasteiger partial charge < -0.3 is 10.4 Å². The molecule has 1 atom stereocenters. The van der Waals surface area contributed by atoms with Crippen molar-refractivity contribution in [3.05, 3.63) is 95.1 Å². The van der Waals surface area contributed by atoms with Crippen molar-refractivity contribution in [1.29, 1.82) is 0 Å². The highest BCUT2D eigenvalue weighted by Crippen LogP contribution is 2.37. The first-order valence-corrected chi connectivity index (χ1v) is 9.05. The van der Waals surface area contributed by atoms with Gasteiger partial charge in [-0.1, -0.05) is 36.4 Å². The van der Waals surface area contributed by atoms with E-state index in [9.17, 15) is 9.50 Å². The van der Waals surface area contributed by atoms with E-state index >= 15 is 0 Å². The Balaban J connectivity index is 1.87. The number of anilines is 1. The van der Waals surface area contributed by atoms with Crippen LogP contribution in [0.15, 0.2) is 67.0 Å². The van der Waals surface area contributed by atoms with Gasteiger partial charge in [0.2, 0.25) is 0 Å². The number of fused-ring (bicyclic) bond motifs is 1. The number of rotatable bonds is 4. The molecule has 0 spiro atoms. The predicted molar refractivity (Wildman–Crippen MR) is 109 cm³/mol. The number of nitrogens with one attached hydrogen (secondary N) is 1. The van der Waals surface area contributed by atoms with Crippen LogP contribution in [0.3, 0.4) is 0 Å². The van der Waals surface area contributed by atoms with Gasteiger partial charge in [0, 0.05) is 28.9 Å². The van der Waals surface area contributed by atoms with Crippen LogP contribution in [0.5, 0.6) is 5.75 Å². The molecule has 2 N–H and O–H groups in total. The number of nitrogens with zero attached hydrogens (tertiary/aromatic N) is 2. The molecule has 2 heterocycles. The first-order valence-electron chi connectivity index (χ1n) is 9.05. The minimum Gasteiger partial charge on any atom is -0.505 e. The van der Waals surface area contributed by atoms with Gasteiger partial charge in [0.25, 0.3) is 0 Å². The number of halogens is 1. The lowest BCUT2D eigenvalue weighted by atomic mass is 9.95. The Kier molecular flexibility index (Phi) is 4.65. The first-order chi connectivity index (χ1) is 13.5. The van der Waals surface area contributed by atoms with Crippen LogP contribution in [0.4, 0.5) is 10.2 Å². The zero-order valence-corrected chi connectivity index (χ0v) is 15.6. The summed E-state index contributed by atoms with van der Waals surface area (Å²) in [5.74, 6) is 0.281. The molecule has 0 aliphatic heterocycles. The summed E-state index contributed by atoms with van der Waals surface area (Å²) in [7, 11) is 0. The van der Waals surface area contributed by atoms with E-state index in [4.69, 9.17) is 0 Å². The van der Waals surface area contributed by atoms with Crippen molar-refractivity contribution in [2.24, 2.45) is 0 Å². The second-order valence-corrected chi connectivity index (χ2v) is 6.90. The van der Waals surface area contributed by atoms with Crippen molar-refractivity contribution >= 4 is 16.7 Å². The molecule has 1 unspecified atom stereocenters. The van der Waals surface area contributed by atoms with Crippen molar-refractivity contribution < 1.29 is 9.50 Å². The third-order valence-corrected chi connectivity index (χ3v) is 4.76. The van der Waals surface area contributed by atoms with Crippen LogP contribution < -0.4 is 5.32 Å². The highest BCUT2D eigenvalue weighted by atomic mass is 19.1. The molecule has 0 saturated carbocycles. The summed E-state index contributed by atoms with van der Waals surface area (Å²) in [4.78, 5) is 8.66. The van der Waals surface area contributed by atoms with E-state index in [1.54, 1.807) is 24.5 Å². The minimum absolute atomic E-state index is 0.0303. The topological polar surface area (TPSA) is 58.0 Å². The fourth-order valence-corrected chi connectivity index (χ4v) is 3.27. The van der Waals surface area contributed by atoms with E-state index in [2.05, 4.69) is 15.3 Å². The number of aryl methyl sites for hydroxylation is 2. The highest BCUT2D eigenvalue weighted by molar-refractivity contribution is 5.86. The van der Waals surface area contributed by atoms with Crippen LogP contribution in [0.25, 0.3) is 10.9 Å². The van der Waals surface area contributed by atoms with Crippen LogP contribution in [0, 0.1) is 19.7 Å². The predicted octanol–water partition coefficient (Wildman–Crippen LogP) is 5.29. The summed E-state index contributed by atoms with van der Waals surface area (Å²) < 4.78 is 14.8. The lowest BCUT2D eigenvalue weighted by molar-refractivity contribution is 0.470. The second kappa shape index (κ2) is 7.27. The zero-order valence-electron chi connectivity index (χ0n) is 15.6. The van der Waals surface area contributed by atoms with E-state index in [0.717, 1.165) is 16.5 Å². The molecular formula is C23H20FN3O. The summed E-state index contributed by atoms with van der Waals surface area (Å²) in [5.41, 5.74) is 3.31. The molecule has 2 aromatic carbocycles. The molecule has 2 aromatic heterocycles.